The third kappa shape index (κ3) is 2.92. The molecular weight excluding hydrogens is 290 g/mol. The van der Waals surface area contributed by atoms with E-state index in [0.717, 1.165) is 15.9 Å². The minimum absolute atomic E-state index is 0.0505. The van der Waals surface area contributed by atoms with E-state index >= 15 is 0 Å². The monoisotopic (exact) mass is 309 g/mol. The molecule has 1 atom stereocenters. The smallest absolute Gasteiger partial charge is 0.305 e. The molecule has 0 saturated heterocycles. The van der Waals surface area contributed by atoms with Crippen LogP contribution in [0, 0.1) is 6.92 Å². The second-order valence-electron chi connectivity index (χ2n) is 5.08. The summed E-state index contributed by atoms with van der Waals surface area (Å²) >= 11 is 1.39. The van der Waals surface area contributed by atoms with E-state index in [4.69, 9.17) is 5.11 Å². The Morgan fingerprint density at radius 2 is 2.19 bits per heavy atom. The molecule has 2 aromatic rings. The SMILES string of the molecule is CCN(C(=O)c1cc2c(C)nn(C)c2s1)C(C)CC(=O)O. The third-order valence-corrected chi connectivity index (χ3v) is 4.70. The van der Waals surface area contributed by atoms with Gasteiger partial charge >= 0.3 is 5.97 Å². The summed E-state index contributed by atoms with van der Waals surface area (Å²) in [5.41, 5.74) is 0.893. The van der Waals surface area contributed by atoms with E-state index in [1.807, 2.05) is 27.0 Å². The van der Waals surface area contributed by atoms with Crippen molar-refractivity contribution in [1.29, 1.82) is 0 Å². The van der Waals surface area contributed by atoms with E-state index in [9.17, 15) is 9.59 Å². The van der Waals surface area contributed by atoms with Gasteiger partial charge in [-0.1, -0.05) is 0 Å². The zero-order valence-electron chi connectivity index (χ0n) is 12.6. The van der Waals surface area contributed by atoms with Crippen molar-refractivity contribution in [2.45, 2.75) is 33.2 Å². The van der Waals surface area contributed by atoms with E-state index in [0.29, 0.717) is 11.4 Å². The summed E-state index contributed by atoms with van der Waals surface area (Å²) in [6, 6.07) is 1.52. The van der Waals surface area contributed by atoms with Crippen LogP contribution in [0.3, 0.4) is 0 Å². The maximum atomic E-state index is 12.6. The molecule has 0 aliphatic rings. The zero-order valence-corrected chi connectivity index (χ0v) is 13.4. The number of hydrogen-bond donors (Lipinski definition) is 1. The number of carboxylic acids is 1. The fraction of sp³-hybridized carbons (Fsp3) is 0.500. The number of carbonyl (C=O) groups excluding carboxylic acids is 1. The highest BCUT2D eigenvalue weighted by atomic mass is 32.1. The summed E-state index contributed by atoms with van der Waals surface area (Å²) in [6.07, 6.45) is -0.0505. The highest BCUT2D eigenvalue weighted by Gasteiger charge is 2.24. The maximum absolute atomic E-state index is 12.6. The number of amides is 1. The molecule has 114 valence electrons. The maximum Gasteiger partial charge on any atom is 0.305 e. The number of nitrogens with zero attached hydrogens (tertiary/aromatic N) is 3. The van der Waals surface area contributed by atoms with Crippen LogP contribution in [0.1, 0.15) is 35.6 Å². The first-order chi connectivity index (χ1) is 9.85. The minimum Gasteiger partial charge on any atom is -0.481 e. The number of fused-ring (bicyclic) bond motifs is 1. The Kier molecular flexibility index (Phi) is 4.32. The van der Waals surface area contributed by atoms with Crippen molar-refractivity contribution < 1.29 is 14.7 Å². The van der Waals surface area contributed by atoms with E-state index in [-0.39, 0.29) is 18.4 Å². The fourth-order valence-corrected chi connectivity index (χ4v) is 3.55. The van der Waals surface area contributed by atoms with Crippen LogP contribution in [-0.2, 0) is 11.8 Å². The largest absolute Gasteiger partial charge is 0.481 e. The van der Waals surface area contributed by atoms with Gasteiger partial charge in [0.05, 0.1) is 17.0 Å². The quantitative estimate of drug-likeness (QED) is 0.919. The molecule has 2 rings (SSSR count). The lowest BCUT2D eigenvalue weighted by Crippen LogP contribution is -2.39. The lowest BCUT2D eigenvalue weighted by Gasteiger charge is -2.26. The number of aliphatic carboxylic acids is 1. The first-order valence-corrected chi connectivity index (χ1v) is 7.62. The van der Waals surface area contributed by atoms with Crippen LogP contribution in [0.25, 0.3) is 10.2 Å². The molecule has 2 heterocycles. The van der Waals surface area contributed by atoms with Gasteiger partial charge in [-0.2, -0.15) is 5.10 Å². The Balaban J connectivity index is 2.31. The van der Waals surface area contributed by atoms with Crippen molar-refractivity contribution >= 4 is 33.4 Å². The molecule has 0 aliphatic carbocycles. The lowest BCUT2D eigenvalue weighted by atomic mass is 10.2. The van der Waals surface area contributed by atoms with Gasteiger partial charge in [0.1, 0.15) is 4.83 Å². The summed E-state index contributed by atoms with van der Waals surface area (Å²) in [6.45, 7) is 6.01. The van der Waals surface area contributed by atoms with Gasteiger partial charge in [0.15, 0.2) is 0 Å². The van der Waals surface area contributed by atoms with Crippen molar-refractivity contribution in [1.82, 2.24) is 14.7 Å². The first kappa shape index (κ1) is 15.5. The molecule has 7 heteroatoms. The number of thiophene rings is 1. The van der Waals surface area contributed by atoms with Gasteiger partial charge in [-0.05, 0) is 26.8 Å². The van der Waals surface area contributed by atoms with Crippen LogP contribution in [-0.4, -0.2) is 44.3 Å². The molecule has 21 heavy (non-hydrogen) atoms. The third-order valence-electron chi connectivity index (χ3n) is 3.51. The Labute approximate surface area is 127 Å². The number of aryl methyl sites for hydroxylation is 2. The van der Waals surface area contributed by atoms with Crippen molar-refractivity contribution in [3.63, 3.8) is 0 Å². The normalized spacial score (nSPS) is 12.6. The predicted octanol–water partition coefficient (Wildman–Crippen LogP) is 2.27. The average molecular weight is 309 g/mol. The highest BCUT2D eigenvalue weighted by Crippen LogP contribution is 2.29. The molecule has 2 aromatic heterocycles. The molecule has 0 saturated carbocycles. The number of rotatable bonds is 5. The Morgan fingerprint density at radius 3 is 2.71 bits per heavy atom. The van der Waals surface area contributed by atoms with Gasteiger partial charge in [0.2, 0.25) is 0 Å². The van der Waals surface area contributed by atoms with Crippen molar-refractivity contribution in [2.75, 3.05) is 6.54 Å². The molecule has 0 spiro atoms. The van der Waals surface area contributed by atoms with E-state index < -0.39 is 5.97 Å². The molecule has 6 nitrogen and oxygen atoms in total. The van der Waals surface area contributed by atoms with E-state index in [2.05, 4.69) is 5.10 Å². The van der Waals surface area contributed by atoms with Gasteiger partial charge in [0.25, 0.3) is 5.91 Å². The van der Waals surface area contributed by atoms with Crippen molar-refractivity contribution in [3.8, 4) is 0 Å². The molecule has 0 aliphatic heterocycles. The standard InChI is InChI=1S/C14H19N3O3S/c1-5-17(8(2)6-12(18)19)13(20)11-7-10-9(3)15-16(4)14(10)21-11/h7-8H,5-6H2,1-4H3,(H,18,19). The van der Waals surface area contributed by atoms with Crippen LogP contribution in [0.4, 0.5) is 0 Å². The summed E-state index contributed by atoms with van der Waals surface area (Å²) in [4.78, 5) is 26.6. The molecule has 0 aromatic carbocycles. The number of hydrogen-bond acceptors (Lipinski definition) is 4. The minimum atomic E-state index is -0.898. The van der Waals surface area contributed by atoms with E-state index in [1.54, 1.807) is 16.5 Å². The van der Waals surface area contributed by atoms with Gasteiger partial charge in [-0.25, -0.2) is 0 Å². The Hall–Kier alpha value is -1.89. The Morgan fingerprint density at radius 1 is 1.52 bits per heavy atom. The van der Waals surface area contributed by atoms with Crippen LogP contribution in [0.2, 0.25) is 0 Å². The summed E-state index contributed by atoms with van der Waals surface area (Å²) in [5, 5.41) is 14.2. The molecule has 0 fully saturated rings. The van der Waals surface area contributed by atoms with Crippen LogP contribution < -0.4 is 0 Å². The van der Waals surface area contributed by atoms with Gasteiger partial charge < -0.3 is 10.0 Å². The van der Waals surface area contributed by atoms with Crippen molar-refractivity contribution in [3.05, 3.63) is 16.6 Å². The molecule has 0 bridgehead atoms. The molecule has 1 unspecified atom stereocenters. The summed E-state index contributed by atoms with van der Waals surface area (Å²) in [5.74, 6) is -1.02. The topological polar surface area (TPSA) is 75.4 Å². The van der Waals surface area contributed by atoms with Crippen molar-refractivity contribution in [2.24, 2.45) is 7.05 Å². The second-order valence-corrected chi connectivity index (χ2v) is 6.11. The summed E-state index contributed by atoms with van der Waals surface area (Å²) in [7, 11) is 1.85. The highest BCUT2D eigenvalue weighted by molar-refractivity contribution is 7.20. The zero-order chi connectivity index (χ0) is 15.7. The van der Waals surface area contributed by atoms with E-state index in [1.165, 1.54) is 11.3 Å². The van der Waals surface area contributed by atoms with Crippen LogP contribution >= 0.6 is 11.3 Å². The number of carbonyl (C=O) groups is 2. The lowest BCUT2D eigenvalue weighted by molar-refractivity contribution is -0.138. The van der Waals surface area contributed by atoms with Gasteiger partial charge in [-0.15, -0.1) is 11.3 Å². The average Bonchev–Trinajstić information content (AvgIpc) is 2.92. The molecule has 1 amide bonds. The Bertz CT molecular complexity index is 654. The summed E-state index contributed by atoms with van der Waals surface area (Å²) < 4.78 is 1.77. The first-order valence-electron chi connectivity index (χ1n) is 6.81. The fourth-order valence-electron chi connectivity index (χ4n) is 2.47. The molecule has 0 radical (unpaired) electrons. The van der Waals surface area contributed by atoms with Gasteiger partial charge in [-0.3, -0.25) is 14.3 Å². The predicted molar refractivity (Wildman–Crippen MR) is 81.8 cm³/mol. The van der Waals surface area contributed by atoms with Gasteiger partial charge in [0, 0.05) is 25.0 Å². The van der Waals surface area contributed by atoms with Crippen LogP contribution in [0.15, 0.2) is 6.07 Å². The number of aromatic nitrogens is 2. The number of carboxylic acid groups (broad SMARTS) is 1. The van der Waals surface area contributed by atoms with Crippen LogP contribution in [0.5, 0.6) is 0 Å². The molecular formula is C14H19N3O3S. The molecule has 1 N–H and O–H groups in total. The second kappa shape index (κ2) is 5.85.